The quantitative estimate of drug-likeness (QED) is 0.738. The van der Waals surface area contributed by atoms with Crippen LogP contribution < -0.4 is 16.8 Å². The van der Waals surface area contributed by atoms with Crippen LogP contribution in [0.1, 0.15) is 19.4 Å². The molecule has 1 aromatic carbocycles. The number of H-pyrrole nitrogens is 1. The second kappa shape index (κ2) is 4.96. The molecule has 0 radical (unpaired) electrons. The number of aromatic nitrogens is 1. The maximum absolute atomic E-state index is 11.0. The Labute approximate surface area is 105 Å². The van der Waals surface area contributed by atoms with Crippen molar-refractivity contribution in [1.82, 2.24) is 10.3 Å². The van der Waals surface area contributed by atoms with Crippen LogP contribution in [0.3, 0.4) is 0 Å². The van der Waals surface area contributed by atoms with Crippen LogP contribution in [-0.4, -0.2) is 23.6 Å². The number of fused-ring (bicyclic) bond motifs is 1. The van der Waals surface area contributed by atoms with Crippen LogP contribution in [0.4, 0.5) is 0 Å². The fraction of sp³-hybridized carbons (Fsp3) is 0.462. The second-order valence-corrected chi connectivity index (χ2v) is 5.11. The smallest absolute Gasteiger partial charge is 0.408 e. The van der Waals surface area contributed by atoms with Gasteiger partial charge in [0, 0.05) is 12.1 Å². The number of hydrogen-bond donors (Lipinski definition) is 3. The van der Waals surface area contributed by atoms with Crippen LogP contribution >= 0.6 is 0 Å². The molecular weight excluding hydrogens is 230 g/mol. The van der Waals surface area contributed by atoms with Crippen LogP contribution in [0.5, 0.6) is 0 Å². The average Bonchev–Trinajstić information content (AvgIpc) is 2.68. The molecule has 0 atom stereocenters. The summed E-state index contributed by atoms with van der Waals surface area (Å²) in [6, 6.07) is 5.75. The molecule has 0 bridgehead atoms. The summed E-state index contributed by atoms with van der Waals surface area (Å²) in [7, 11) is 0. The Morgan fingerprint density at radius 2 is 2.22 bits per heavy atom. The Balaban J connectivity index is 2.01. The Morgan fingerprint density at radius 1 is 1.44 bits per heavy atom. The predicted octanol–water partition coefficient (Wildman–Crippen LogP) is 0.990. The molecule has 0 saturated carbocycles. The second-order valence-electron chi connectivity index (χ2n) is 5.11. The van der Waals surface area contributed by atoms with Gasteiger partial charge >= 0.3 is 5.76 Å². The Hall–Kier alpha value is -1.59. The highest BCUT2D eigenvalue weighted by atomic mass is 16.4. The van der Waals surface area contributed by atoms with Gasteiger partial charge in [0.25, 0.3) is 0 Å². The molecule has 2 rings (SSSR count). The molecule has 1 aromatic heterocycles. The molecule has 98 valence electrons. The first-order chi connectivity index (χ1) is 8.50. The third-order valence-corrected chi connectivity index (χ3v) is 3.01. The van der Waals surface area contributed by atoms with E-state index in [1.54, 1.807) is 0 Å². The first kappa shape index (κ1) is 12.9. The first-order valence-electron chi connectivity index (χ1n) is 6.07. The lowest BCUT2D eigenvalue weighted by molar-refractivity contribution is 0.402. The van der Waals surface area contributed by atoms with Gasteiger partial charge in [-0.25, -0.2) is 4.79 Å². The van der Waals surface area contributed by atoms with E-state index in [-0.39, 0.29) is 5.54 Å². The fourth-order valence-electron chi connectivity index (χ4n) is 1.76. The van der Waals surface area contributed by atoms with E-state index in [2.05, 4.69) is 24.1 Å². The summed E-state index contributed by atoms with van der Waals surface area (Å²) in [6.07, 6.45) is 0.869. The molecule has 0 amide bonds. The van der Waals surface area contributed by atoms with Crippen molar-refractivity contribution in [1.29, 1.82) is 0 Å². The van der Waals surface area contributed by atoms with Crippen molar-refractivity contribution in [3.8, 4) is 0 Å². The van der Waals surface area contributed by atoms with Gasteiger partial charge in [0.15, 0.2) is 5.58 Å². The van der Waals surface area contributed by atoms with Crippen LogP contribution in [0.15, 0.2) is 27.4 Å². The minimum absolute atomic E-state index is 0.0508. The maximum Gasteiger partial charge on any atom is 0.417 e. The van der Waals surface area contributed by atoms with E-state index in [9.17, 15) is 4.79 Å². The van der Waals surface area contributed by atoms with Gasteiger partial charge in [0.05, 0.1) is 5.52 Å². The molecule has 4 N–H and O–H groups in total. The largest absolute Gasteiger partial charge is 0.417 e. The van der Waals surface area contributed by atoms with Crippen LogP contribution in [0.25, 0.3) is 11.1 Å². The van der Waals surface area contributed by atoms with Gasteiger partial charge in [-0.1, -0.05) is 6.07 Å². The van der Waals surface area contributed by atoms with Crippen molar-refractivity contribution in [2.45, 2.75) is 25.8 Å². The van der Waals surface area contributed by atoms with Gasteiger partial charge in [-0.2, -0.15) is 0 Å². The van der Waals surface area contributed by atoms with E-state index in [0.29, 0.717) is 12.1 Å². The molecule has 18 heavy (non-hydrogen) atoms. The Bertz CT molecular complexity index is 583. The zero-order valence-corrected chi connectivity index (χ0v) is 10.7. The molecule has 0 saturated heterocycles. The van der Waals surface area contributed by atoms with Crippen LogP contribution in [0, 0.1) is 0 Å². The molecule has 0 spiro atoms. The van der Waals surface area contributed by atoms with Crippen molar-refractivity contribution in [2.24, 2.45) is 5.73 Å². The van der Waals surface area contributed by atoms with Gasteiger partial charge in [-0.05, 0) is 44.5 Å². The van der Waals surface area contributed by atoms with Gasteiger partial charge < -0.3 is 15.5 Å². The molecule has 0 unspecified atom stereocenters. The summed E-state index contributed by atoms with van der Waals surface area (Å²) in [4.78, 5) is 13.7. The minimum Gasteiger partial charge on any atom is -0.408 e. The van der Waals surface area contributed by atoms with E-state index < -0.39 is 5.76 Å². The highest BCUT2D eigenvalue weighted by Gasteiger charge is 2.13. The molecule has 5 heteroatoms. The summed E-state index contributed by atoms with van der Waals surface area (Å²) in [5.74, 6) is -0.412. The number of rotatable bonds is 5. The Kier molecular flexibility index (Phi) is 3.54. The first-order valence-corrected chi connectivity index (χ1v) is 6.07. The van der Waals surface area contributed by atoms with Crippen molar-refractivity contribution in [2.75, 3.05) is 13.1 Å². The van der Waals surface area contributed by atoms with Crippen LogP contribution in [0.2, 0.25) is 0 Å². The number of nitrogens with two attached hydrogens (primary N) is 1. The molecule has 0 aliphatic heterocycles. The number of hydrogen-bond acceptors (Lipinski definition) is 4. The molecule has 5 nitrogen and oxygen atoms in total. The van der Waals surface area contributed by atoms with Gasteiger partial charge in [0.1, 0.15) is 0 Å². The molecule has 0 fully saturated rings. The SMILES string of the molecule is CC(C)(CN)NCCc1ccc2[nH]c(=O)oc2c1. The van der Waals surface area contributed by atoms with Crippen molar-refractivity contribution >= 4 is 11.1 Å². The van der Waals surface area contributed by atoms with E-state index in [0.717, 1.165) is 24.0 Å². The fourth-order valence-corrected chi connectivity index (χ4v) is 1.76. The normalized spacial score (nSPS) is 12.2. The highest BCUT2D eigenvalue weighted by molar-refractivity contribution is 5.72. The highest BCUT2D eigenvalue weighted by Crippen LogP contribution is 2.12. The van der Waals surface area contributed by atoms with Crippen molar-refractivity contribution < 1.29 is 4.42 Å². The lowest BCUT2D eigenvalue weighted by atomic mass is 10.1. The van der Waals surface area contributed by atoms with E-state index >= 15 is 0 Å². The van der Waals surface area contributed by atoms with Crippen LogP contribution in [-0.2, 0) is 6.42 Å². The minimum atomic E-state index is -0.412. The zero-order valence-electron chi connectivity index (χ0n) is 10.7. The van der Waals surface area contributed by atoms with Gasteiger partial charge in [-0.15, -0.1) is 0 Å². The van der Waals surface area contributed by atoms with Crippen molar-refractivity contribution in [3.63, 3.8) is 0 Å². The number of oxazole rings is 1. The van der Waals surface area contributed by atoms with Gasteiger partial charge in [0.2, 0.25) is 0 Å². The topological polar surface area (TPSA) is 84.0 Å². The summed E-state index contributed by atoms with van der Waals surface area (Å²) in [6.45, 7) is 5.58. The van der Waals surface area contributed by atoms with E-state index in [4.69, 9.17) is 10.2 Å². The number of benzene rings is 1. The zero-order chi connectivity index (χ0) is 13.2. The lowest BCUT2D eigenvalue weighted by Crippen LogP contribution is -2.46. The maximum atomic E-state index is 11.0. The third-order valence-electron chi connectivity index (χ3n) is 3.01. The summed E-state index contributed by atoms with van der Waals surface area (Å²) in [5, 5.41) is 3.39. The third kappa shape index (κ3) is 3.00. The summed E-state index contributed by atoms with van der Waals surface area (Å²) < 4.78 is 5.03. The van der Waals surface area contributed by atoms with E-state index in [1.165, 1.54) is 0 Å². The predicted molar refractivity (Wildman–Crippen MR) is 71.7 cm³/mol. The summed E-state index contributed by atoms with van der Waals surface area (Å²) in [5.41, 5.74) is 8.07. The number of nitrogens with one attached hydrogen (secondary N) is 2. The number of aromatic amines is 1. The molecular formula is C13H19N3O2. The summed E-state index contributed by atoms with van der Waals surface area (Å²) >= 11 is 0. The standard InChI is InChI=1S/C13H19N3O2/c1-13(2,8-14)15-6-5-9-3-4-10-11(7-9)18-12(17)16-10/h3-4,7,15H,5-6,8,14H2,1-2H3,(H,16,17). The monoisotopic (exact) mass is 249 g/mol. The van der Waals surface area contributed by atoms with Crippen molar-refractivity contribution in [3.05, 3.63) is 34.3 Å². The molecule has 1 heterocycles. The van der Waals surface area contributed by atoms with Gasteiger partial charge in [-0.3, -0.25) is 4.98 Å². The Morgan fingerprint density at radius 3 is 2.94 bits per heavy atom. The lowest BCUT2D eigenvalue weighted by Gasteiger charge is -2.24. The molecule has 2 aromatic rings. The molecule has 0 aliphatic rings. The molecule has 0 aliphatic carbocycles. The average molecular weight is 249 g/mol. The van der Waals surface area contributed by atoms with E-state index in [1.807, 2.05) is 18.2 Å².